The van der Waals surface area contributed by atoms with Crippen LogP contribution < -0.4 is 9.47 Å². The zero-order valence-corrected chi connectivity index (χ0v) is 10.5. The van der Waals surface area contributed by atoms with E-state index in [2.05, 4.69) is 0 Å². The molecule has 88 valence electrons. The van der Waals surface area contributed by atoms with E-state index in [9.17, 15) is 4.79 Å². The number of benzene rings is 1. The van der Waals surface area contributed by atoms with Crippen LogP contribution in [-0.4, -0.2) is 20.0 Å². The van der Waals surface area contributed by atoms with E-state index in [1.165, 1.54) is 0 Å². The summed E-state index contributed by atoms with van der Waals surface area (Å²) < 4.78 is 10.4. The Morgan fingerprint density at radius 3 is 2.19 bits per heavy atom. The van der Waals surface area contributed by atoms with Crippen molar-refractivity contribution in [3.8, 4) is 11.5 Å². The van der Waals surface area contributed by atoms with Crippen molar-refractivity contribution in [2.45, 2.75) is 26.7 Å². The molecule has 0 spiro atoms. The fraction of sp³-hybridized carbons (Fsp3) is 0.462. The molecule has 1 aromatic rings. The van der Waals surface area contributed by atoms with Gasteiger partial charge in [-0.3, -0.25) is 4.79 Å². The number of carbonyl (C=O) groups excluding carboxylic acids is 1. The zero-order chi connectivity index (χ0) is 12.3. The largest absolute Gasteiger partial charge is 0.497 e. The zero-order valence-electron chi connectivity index (χ0n) is 10.5. The van der Waals surface area contributed by atoms with Crippen molar-refractivity contribution < 1.29 is 14.3 Å². The fourth-order valence-electron chi connectivity index (χ4n) is 1.72. The standard InChI is InChI=1S/C13H18O3/c1-8(2)11-6-10(15-4)7-12(16-5)13(11)9(3)14/h6-8H,1-5H3. The van der Waals surface area contributed by atoms with Crippen molar-refractivity contribution in [1.82, 2.24) is 0 Å². The first-order valence-corrected chi connectivity index (χ1v) is 5.28. The molecule has 1 aromatic carbocycles. The topological polar surface area (TPSA) is 35.5 Å². The third kappa shape index (κ3) is 2.35. The highest BCUT2D eigenvalue weighted by Gasteiger charge is 2.17. The predicted octanol–water partition coefficient (Wildman–Crippen LogP) is 3.03. The van der Waals surface area contributed by atoms with Crippen LogP contribution in [-0.2, 0) is 0 Å². The Hall–Kier alpha value is -1.51. The first kappa shape index (κ1) is 12.6. The van der Waals surface area contributed by atoms with Crippen LogP contribution in [0.15, 0.2) is 12.1 Å². The van der Waals surface area contributed by atoms with Crippen molar-refractivity contribution in [2.24, 2.45) is 0 Å². The van der Waals surface area contributed by atoms with Crippen LogP contribution in [0, 0.1) is 0 Å². The molecule has 1 rings (SSSR count). The quantitative estimate of drug-likeness (QED) is 0.734. The van der Waals surface area contributed by atoms with Crippen LogP contribution >= 0.6 is 0 Å². The van der Waals surface area contributed by atoms with Gasteiger partial charge >= 0.3 is 0 Å². The van der Waals surface area contributed by atoms with Crippen LogP contribution in [0.4, 0.5) is 0 Å². The third-order valence-electron chi connectivity index (χ3n) is 2.54. The molecule has 0 aliphatic heterocycles. The molecular formula is C13H18O3. The molecule has 0 heterocycles. The minimum absolute atomic E-state index is 0.0169. The molecule has 0 radical (unpaired) electrons. The smallest absolute Gasteiger partial charge is 0.163 e. The van der Waals surface area contributed by atoms with Crippen LogP contribution in [0.5, 0.6) is 11.5 Å². The van der Waals surface area contributed by atoms with Gasteiger partial charge in [0, 0.05) is 6.07 Å². The van der Waals surface area contributed by atoms with E-state index >= 15 is 0 Å². The summed E-state index contributed by atoms with van der Waals surface area (Å²) in [5, 5.41) is 0. The summed E-state index contributed by atoms with van der Waals surface area (Å²) in [6, 6.07) is 3.63. The first-order valence-electron chi connectivity index (χ1n) is 5.28. The molecule has 0 fully saturated rings. The molecule has 0 atom stereocenters. The number of hydrogen-bond acceptors (Lipinski definition) is 3. The summed E-state index contributed by atoms with van der Waals surface area (Å²) in [5.41, 5.74) is 1.61. The fourth-order valence-corrected chi connectivity index (χ4v) is 1.72. The SMILES string of the molecule is COc1cc(OC)c(C(C)=O)c(C(C)C)c1. The Morgan fingerprint density at radius 1 is 1.19 bits per heavy atom. The second-order valence-corrected chi connectivity index (χ2v) is 4.00. The van der Waals surface area contributed by atoms with Gasteiger partial charge in [0.1, 0.15) is 11.5 Å². The normalized spacial score (nSPS) is 10.4. The summed E-state index contributed by atoms with van der Waals surface area (Å²) in [6.07, 6.45) is 0. The van der Waals surface area contributed by atoms with Crippen molar-refractivity contribution in [3.05, 3.63) is 23.3 Å². The molecular weight excluding hydrogens is 204 g/mol. The molecule has 16 heavy (non-hydrogen) atoms. The van der Waals surface area contributed by atoms with E-state index in [1.54, 1.807) is 27.2 Å². The maximum absolute atomic E-state index is 11.6. The molecule has 0 aliphatic rings. The van der Waals surface area contributed by atoms with Gasteiger partial charge in [0.25, 0.3) is 0 Å². The number of carbonyl (C=O) groups is 1. The molecule has 0 saturated carbocycles. The number of hydrogen-bond donors (Lipinski definition) is 0. The van der Waals surface area contributed by atoms with E-state index in [-0.39, 0.29) is 11.7 Å². The number of ether oxygens (including phenoxy) is 2. The second-order valence-electron chi connectivity index (χ2n) is 4.00. The Labute approximate surface area is 96.4 Å². The maximum Gasteiger partial charge on any atom is 0.163 e. The summed E-state index contributed by atoms with van der Waals surface area (Å²) in [7, 11) is 3.16. The first-order chi connectivity index (χ1) is 7.51. The van der Waals surface area contributed by atoms with E-state index in [0.717, 1.165) is 5.56 Å². The van der Waals surface area contributed by atoms with Crippen LogP contribution in [0.3, 0.4) is 0 Å². The second kappa shape index (κ2) is 5.01. The van der Waals surface area contributed by atoms with Gasteiger partial charge in [0.05, 0.1) is 19.8 Å². The van der Waals surface area contributed by atoms with Crippen molar-refractivity contribution in [3.63, 3.8) is 0 Å². The van der Waals surface area contributed by atoms with Gasteiger partial charge in [0.2, 0.25) is 0 Å². The molecule has 0 saturated heterocycles. The molecule has 0 amide bonds. The van der Waals surface area contributed by atoms with Crippen LogP contribution in [0.2, 0.25) is 0 Å². The summed E-state index contributed by atoms with van der Waals surface area (Å²) in [6.45, 7) is 5.64. The summed E-state index contributed by atoms with van der Waals surface area (Å²) in [5.74, 6) is 1.56. The van der Waals surface area contributed by atoms with Gasteiger partial charge in [-0.2, -0.15) is 0 Å². The van der Waals surface area contributed by atoms with E-state index < -0.39 is 0 Å². The number of Topliss-reactive ketones (excluding diaryl/α,β-unsaturated/α-hetero) is 1. The molecule has 3 heteroatoms. The summed E-state index contributed by atoms with van der Waals surface area (Å²) in [4.78, 5) is 11.6. The van der Waals surface area contributed by atoms with E-state index in [1.807, 2.05) is 19.9 Å². The number of methoxy groups -OCH3 is 2. The van der Waals surface area contributed by atoms with E-state index in [4.69, 9.17) is 9.47 Å². The van der Waals surface area contributed by atoms with Gasteiger partial charge in [-0.05, 0) is 24.5 Å². The van der Waals surface area contributed by atoms with E-state index in [0.29, 0.717) is 17.1 Å². The highest BCUT2D eigenvalue weighted by atomic mass is 16.5. The Morgan fingerprint density at radius 2 is 1.81 bits per heavy atom. The molecule has 0 N–H and O–H groups in total. The van der Waals surface area contributed by atoms with Crippen LogP contribution in [0.25, 0.3) is 0 Å². The lowest BCUT2D eigenvalue weighted by Gasteiger charge is -2.16. The minimum atomic E-state index is 0.0169. The lowest BCUT2D eigenvalue weighted by Crippen LogP contribution is -2.05. The highest BCUT2D eigenvalue weighted by molar-refractivity contribution is 5.98. The minimum Gasteiger partial charge on any atom is -0.497 e. The number of rotatable bonds is 4. The van der Waals surface area contributed by atoms with Gasteiger partial charge in [-0.25, -0.2) is 0 Å². The Kier molecular flexibility index (Phi) is 3.93. The average Bonchev–Trinajstić information content (AvgIpc) is 2.26. The molecule has 0 aliphatic carbocycles. The van der Waals surface area contributed by atoms with Crippen molar-refractivity contribution in [2.75, 3.05) is 14.2 Å². The van der Waals surface area contributed by atoms with Crippen LogP contribution in [0.1, 0.15) is 42.6 Å². The highest BCUT2D eigenvalue weighted by Crippen LogP contribution is 2.33. The predicted molar refractivity (Wildman–Crippen MR) is 63.6 cm³/mol. The molecule has 0 unspecified atom stereocenters. The Balaban J connectivity index is 3.47. The van der Waals surface area contributed by atoms with Gasteiger partial charge in [0.15, 0.2) is 5.78 Å². The van der Waals surface area contributed by atoms with Crippen molar-refractivity contribution in [1.29, 1.82) is 0 Å². The van der Waals surface area contributed by atoms with Gasteiger partial charge < -0.3 is 9.47 Å². The van der Waals surface area contributed by atoms with Gasteiger partial charge in [-0.1, -0.05) is 13.8 Å². The summed E-state index contributed by atoms with van der Waals surface area (Å²) >= 11 is 0. The lowest BCUT2D eigenvalue weighted by molar-refractivity contribution is 0.101. The molecule has 3 nitrogen and oxygen atoms in total. The van der Waals surface area contributed by atoms with Crippen molar-refractivity contribution >= 4 is 5.78 Å². The maximum atomic E-state index is 11.6. The lowest BCUT2D eigenvalue weighted by atomic mass is 9.94. The Bertz CT molecular complexity index is 394. The average molecular weight is 222 g/mol. The molecule has 0 aromatic heterocycles. The monoisotopic (exact) mass is 222 g/mol. The van der Waals surface area contributed by atoms with Gasteiger partial charge in [-0.15, -0.1) is 0 Å². The molecule has 0 bridgehead atoms. The third-order valence-corrected chi connectivity index (χ3v) is 2.54. The number of ketones is 1.